The Morgan fingerprint density at radius 1 is 1.50 bits per heavy atom. The molecule has 6 heteroatoms. The van der Waals surface area contributed by atoms with Gasteiger partial charge in [0.1, 0.15) is 11.5 Å². The second kappa shape index (κ2) is 5.33. The Balaban J connectivity index is 2.07. The molecule has 2 heterocycles. The summed E-state index contributed by atoms with van der Waals surface area (Å²) < 4.78 is 5.21. The summed E-state index contributed by atoms with van der Waals surface area (Å²) in [4.78, 5) is 15.9. The number of nitrogens with one attached hydrogen (secondary N) is 2. The molecule has 0 bridgehead atoms. The predicted octanol–water partition coefficient (Wildman–Crippen LogP) is 1.45. The number of nitrogens with two attached hydrogens (primary N) is 1. The van der Waals surface area contributed by atoms with Crippen LogP contribution in [-0.2, 0) is 0 Å². The smallest absolute Gasteiger partial charge is 0.270 e. The number of rotatable bonds is 4. The number of hydrazine groups is 1. The molecule has 4 N–H and O–H groups in total. The van der Waals surface area contributed by atoms with E-state index in [0.717, 1.165) is 0 Å². The van der Waals surface area contributed by atoms with Crippen LogP contribution in [0.5, 0.6) is 0 Å². The number of pyridine rings is 1. The van der Waals surface area contributed by atoms with E-state index in [1.54, 1.807) is 30.5 Å². The molecule has 0 aromatic carbocycles. The normalized spacial score (nSPS) is 11.9. The predicted molar refractivity (Wildman–Crippen MR) is 66.6 cm³/mol. The highest BCUT2D eigenvalue weighted by Crippen LogP contribution is 2.13. The van der Waals surface area contributed by atoms with E-state index >= 15 is 0 Å². The van der Waals surface area contributed by atoms with Crippen LogP contribution in [-0.4, -0.2) is 10.9 Å². The summed E-state index contributed by atoms with van der Waals surface area (Å²) in [7, 11) is 0. The van der Waals surface area contributed by atoms with Crippen molar-refractivity contribution in [1.82, 2.24) is 10.3 Å². The van der Waals surface area contributed by atoms with Crippen molar-refractivity contribution in [3.63, 3.8) is 0 Å². The van der Waals surface area contributed by atoms with Gasteiger partial charge >= 0.3 is 0 Å². The van der Waals surface area contributed by atoms with Crippen molar-refractivity contribution in [2.24, 2.45) is 5.84 Å². The number of carbonyl (C=O) groups is 1. The Morgan fingerprint density at radius 3 is 3.00 bits per heavy atom. The third-order valence-corrected chi connectivity index (χ3v) is 2.48. The summed E-state index contributed by atoms with van der Waals surface area (Å²) in [6.45, 7) is 1.84. The number of amides is 1. The zero-order chi connectivity index (χ0) is 13.0. The first-order valence-corrected chi connectivity index (χ1v) is 5.47. The first-order chi connectivity index (χ1) is 8.70. The Labute approximate surface area is 104 Å². The van der Waals surface area contributed by atoms with Gasteiger partial charge in [-0.25, -0.2) is 0 Å². The molecule has 2 rings (SSSR count). The lowest BCUT2D eigenvalue weighted by atomic mass is 10.2. The van der Waals surface area contributed by atoms with E-state index in [4.69, 9.17) is 10.3 Å². The van der Waals surface area contributed by atoms with E-state index in [-0.39, 0.29) is 11.9 Å². The topological polar surface area (TPSA) is 93.2 Å². The van der Waals surface area contributed by atoms with Gasteiger partial charge in [0, 0.05) is 6.20 Å². The molecule has 94 valence electrons. The average molecular weight is 246 g/mol. The van der Waals surface area contributed by atoms with E-state index in [2.05, 4.69) is 15.7 Å². The molecule has 0 saturated carbocycles. The van der Waals surface area contributed by atoms with Crippen LogP contribution in [0.4, 0.5) is 5.69 Å². The fourth-order valence-electron chi connectivity index (χ4n) is 1.52. The zero-order valence-corrected chi connectivity index (χ0v) is 9.88. The summed E-state index contributed by atoms with van der Waals surface area (Å²) in [5.74, 6) is 5.68. The Bertz CT molecular complexity index is 525. The maximum atomic E-state index is 11.9. The number of furan rings is 1. The lowest BCUT2D eigenvalue weighted by molar-refractivity contribution is 0.0930. The van der Waals surface area contributed by atoms with Gasteiger partial charge in [-0.1, -0.05) is 0 Å². The monoisotopic (exact) mass is 246 g/mol. The highest BCUT2D eigenvalue weighted by atomic mass is 16.3. The Kier molecular flexibility index (Phi) is 3.59. The molecule has 0 radical (unpaired) electrons. The van der Waals surface area contributed by atoms with Crippen molar-refractivity contribution in [3.8, 4) is 0 Å². The lowest BCUT2D eigenvalue weighted by Crippen LogP contribution is -2.27. The van der Waals surface area contributed by atoms with E-state index in [1.807, 2.05) is 6.92 Å². The van der Waals surface area contributed by atoms with Gasteiger partial charge in [-0.15, -0.1) is 0 Å². The quantitative estimate of drug-likeness (QED) is 0.561. The van der Waals surface area contributed by atoms with E-state index in [0.29, 0.717) is 17.1 Å². The minimum Gasteiger partial charge on any atom is -0.467 e. The number of nitrogens with zero attached hydrogens (tertiary/aromatic N) is 1. The minimum atomic E-state index is -0.281. The fraction of sp³-hybridized carbons (Fsp3) is 0.167. The third-order valence-electron chi connectivity index (χ3n) is 2.48. The molecule has 1 amide bonds. The molecular formula is C12H14N4O2. The van der Waals surface area contributed by atoms with Gasteiger partial charge in [-0.2, -0.15) is 0 Å². The fourth-order valence-corrected chi connectivity index (χ4v) is 1.52. The number of anilines is 1. The van der Waals surface area contributed by atoms with Gasteiger partial charge in [-0.3, -0.25) is 15.6 Å². The molecule has 2 aromatic heterocycles. The molecule has 2 aromatic rings. The molecule has 0 spiro atoms. The standard InChI is InChI=1S/C12H14N4O2/c1-8(11-3-2-6-18-11)15-12(17)10-7-9(16-13)4-5-14-10/h2-8H,13H2,1H3,(H,14,16)(H,15,17). The third kappa shape index (κ3) is 2.67. The van der Waals surface area contributed by atoms with Gasteiger partial charge in [0.05, 0.1) is 18.0 Å². The lowest BCUT2D eigenvalue weighted by Gasteiger charge is -2.11. The molecule has 0 aliphatic rings. The highest BCUT2D eigenvalue weighted by molar-refractivity contribution is 5.93. The molecule has 6 nitrogen and oxygen atoms in total. The number of nitrogen functional groups attached to an aromatic ring is 1. The highest BCUT2D eigenvalue weighted by Gasteiger charge is 2.14. The first-order valence-electron chi connectivity index (χ1n) is 5.47. The average Bonchev–Trinajstić information content (AvgIpc) is 2.92. The van der Waals surface area contributed by atoms with Crippen molar-refractivity contribution in [2.75, 3.05) is 5.43 Å². The molecule has 0 aliphatic carbocycles. The Morgan fingerprint density at radius 2 is 2.33 bits per heavy atom. The zero-order valence-electron chi connectivity index (χ0n) is 9.88. The van der Waals surface area contributed by atoms with Crippen molar-refractivity contribution in [2.45, 2.75) is 13.0 Å². The number of hydrogen-bond acceptors (Lipinski definition) is 5. The van der Waals surface area contributed by atoms with Crippen LogP contribution < -0.4 is 16.6 Å². The van der Waals surface area contributed by atoms with Gasteiger partial charge in [-0.05, 0) is 31.2 Å². The van der Waals surface area contributed by atoms with E-state index in [1.165, 1.54) is 6.20 Å². The Hall–Kier alpha value is -2.34. The summed E-state index contributed by atoms with van der Waals surface area (Å²) in [6, 6.07) is 6.60. The maximum Gasteiger partial charge on any atom is 0.270 e. The van der Waals surface area contributed by atoms with Gasteiger partial charge in [0.2, 0.25) is 0 Å². The molecule has 18 heavy (non-hydrogen) atoms. The SMILES string of the molecule is CC(NC(=O)c1cc(NN)ccn1)c1ccco1. The minimum absolute atomic E-state index is 0.219. The molecule has 1 unspecified atom stereocenters. The summed E-state index contributed by atoms with van der Waals surface area (Å²) in [5, 5.41) is 2.79. The summed E-state index contributed by atoms with van der Waals surface area (Å²) in [6.07, 6.45) is 3.08. The van der Waals surface area contributed by atoms with Crippen LogP contribution in [0.3, 0.4) is 0 Å². The van der Waals surface area contributed by atoms with Crippen LogP contribution in [0.15, 0.2) is 41.1 Å². The van der Waals surface area contributed by atoms with Gasteiger partial charge < -0.3 is 15.2 Å². The van der Waals surface area contributed by atoms with E-state index < -0.39 is 0 Å². The molecular weight excluding hydrogens is 232 g/mol. The van der Waals surface area contributed by atoms with Crippen LogP contribution in [0.1, 0.15) is 29.2 Å². The number of hydrogen-bond donors (Lipinski definition) is 3. The van der Waals surface area contributed by atoms with E-state index in [9.17, 15) is 4.79 Å². The number of aromatic nitrogens is 1. The van der Waals surface area contributed by atoms with Crippen molar-refractivity contribution in [3.05, 3.63) is 48.2 Å². The molecule has 1 atom stereocenters. The summed E-state index contributed by atoms with van der Waals surface area (Å²) >= 11 is 0. The number of carbonyl (C=O) groups excluding carboxylic acids is 1. The van der Waals surface area contributed by atoms with Crippen LogP contribution in [0.25, 0.3) is 0 Å². The first kappa shape index (κ1) is 12.1. The second-order valence-corrected chi connectivity index (χ2v) is 3.78. The van der Waals surface area contributed by atoms with Gasteiger partial charge in [0.15, 0.2) is 0 Å². The molecule has 0 saturated heterocycles. The largest absolute Gasteiger partial charge is 0.467 e. The van der Waals surface area contributed by atoms with Crippen LogP contribution in [0.2, 0.25) is 0 Å². The van der Waals surface area contributed by atoms with Crippen molar-refractivity contribution >= 4 is 11.6 Å². The summed E-state index contributed by atoms with van der Waals surface area (Å²) in [5.41, 5.74) is 3.39. The van der Waals surface area contributed by atoms with Crippen LogP contribution >= 0.6 is 0 Å². The van der Waals surface area contributed by atoms with Gasteiger partial charge in [0.25, 0.3) is 5.91 Å². The van der Waals surface area contributed by atoms with Crippen LogP contribution in [0, 0.1) is 0 Å². The second-order valence-electron chi connectivity index (χ2n) is 3.78. The van der Waals surface area contributed by atoms with Crippen molar-refractivity contribution in [1.29, 1.82) is 0 Å². The maximum absolute atomic E-state index is 11.9. The molecule has 0 fully saturated rings. The van der Waals surface area contributed by atoms with Crippen molar-refractivity contribution < 1.29 is 9.21 Å². The molecule has 0 aliphatic heterocycles.